The second kappa shape index (κ2) is 14.3. The number of unbranched alkanes of at least 4 members (excludes halogenated alkanes) is 8. The molecule has 174 valence electrons. The van der Waals surface area contributed by atoms with Gasteiger partial charge in [0, 0.05) is 0 Å². The van der Waals surface area contributed by atoms with E-state index in [-0.39, 0.29) is 5.04 Å². The maximum absolute atomic E-state index is 6.86. The van der Waals surface area contributed by atoms with E-state index in [1.165, 1.54) is 61.7 Å². The SMILES string of the molecule is CCCCCCCCCCC=C=CCO[Si](c1ccccc1)(c1ccccc1)C(C)(C)C. The van der Waals surface area contributed by atoms with Gasteiger partial charge in [-0.2, -0.15) is 0 Å². The summed E-state index contributed by atoms with van der Waals surface area (Å²) in [6.45, 7) is 9.84. The molecule has 0 aliphatic rings. The molecule has 0 aliphatic carbocycles. The first kappa shape index (κ1) is 26.4. The summed E-state index contributed by atoms with van der Waals surface area (Å²) in [5.74, 6) is 0. The molecule has 32 heavy (non-hydrogen) atoms. The highest BCUT2D eigenvalue weighted by Gasteiger charge is 2.49. The van der Waals surface area contributed by atoms with Crippen molar-refractivity contribution in [3.63, 3.8) is 0 Å². The van der Waals surface area contributed by atoms with Crippen LogP contribution in [0.2, 0.25) is 5.04 Å². The van der Waals surface area contributed by atoms with E-state index >= 15 is 0 Å². The summed E-state index contributed by atoms with van der Waals surface area (Å²) in [6.07, 6.45) is 16.3. The van der Waals surface area contributed by atoms with Gasteiger partial charge in [0.15, 0.2) is 0 Å². The minimum atomic E-state index is -2.43. The number of rotatable bonds is 14. The summed E-state index contributed by atoms with van der Waals surface area (Å²) in [5, 5.41) is 2.68. The monoisotopic (exact) mass is 448 g/mol. The Morgan fingerprint density at radius 2 is 1.22 bits per heavy atom. The highest BCUT2D eigenvalue weighted by molar-refractivity contribution is 6.99. The van der Waals surface area contributed by atoms with Gasteiger partial charge in [0.1, 0.15) is 0 Å². The third-order valence-electron chi connectivity index (χ3n) is 6.24. The highest BCUT2D eigenvalue weighted by atomic mass is 28.4. The first-order valence-electron chi connectivity index (χ1n) is 12.7. The lowest BCUT2D eigenvalue weighted by Gasteiger charge is -2.42. The van der Waals surface area contributed by atoms with Gasteiger partial charge in [-0.1, -0.05) is 133 Å². The zero-order valence-corrected chi connectivity index (χ0v) is 21.9. The van der Waals surface area contributed by atoms with Gasteiger partial charge in [0.05, 0.1) is 6.61 Å². The van der Waals surface area contributed by atoms with Crippen LogP contribution in [-0.4, -0.2) is 14.9 Å². The number of hydrogen-bond donors (Lipinski definition) is 0. The summed E-state index contributed by atoms with van der Waals surface area (Å²) in [7, 11) is -2.43. The molecule has 0 aliphatic heterocycles. The Bertz CT molecular complexity index is 758. The average molecular weight is 449 g/mol. The molecule has 0 amide bonds. The minimum absolute atomic E-state index is 0.0182. The van der Waals surface area contributed by atoms with E-state index in [0.717, 1.165) is 6.42 Å². The van der Waals surface area contributed by atoms with Crippen molar-refractivity contribution >= 4 is 18.7 Å². The fourth-order valence-electron chi connectivity index (χ4n) is 4.52. The van der Waals surface area contributed by atoms with Gasteiger partial charge in [-0.3, -0.25) is 0 Å². The summed E-state index contributed by atoms with van der Waals surface area (Å²) in [6, 6.07) is 21.7. The molecule has 0 atom stereocenters. The number of hydrogen-bond acceptors (Lipinski definition) is 1. The Morgan fingerprint density at radius 3 is 1.72 bits per heavy atom. The Labute approximate surface area is 198 Å². The van der Waals surface area contributed by atoms with E-state index in [9.17, 15) is 0 Å². The topological polar surface area (TPSA) is 9.23 Å². The van der Waals surface area contributed by atoms with Crippen LogP contribution in [0.1, 0.15) is 85.5 Å². The number of benzene rings is 2. The molecular weight excluding hydrogens is 404 g/mol. The van der Waals surface area contributed by atoms with Gasteiger partial charge in [-0.05, 0) is 40.4 Å². The molecule has 0 radical (unpaired) electrons. The van der Waals surface area contributed by atoms with E-state index < -0.39 is 8.32 Å². The highest BCUT2D eigenvalue weighted by Crippen LogP contribution is 2.36. The molecule has 0 N–H and O–H groups in total. The van der Waals surface area contributed by atoms with Crippen LogP contribution in [0.5, 0.6) is 0 Å². The van der Waals surface area contributed by atoms with Gasteiger partial charge in [0.25, 0.3) is 8.32 Å². The van der Waals surface area contributed by atoms with Crippen LogP contribution >= 0.6 is 0 Å². The summed E-state index contributed by atoms with van der Waals surface area (Å²) >= 11 is 0. The summed E-state index contributed by atoms with van der Waals surface area (Å²) in [5.41, 5.74) is 3.38. The Balaban J connectivity index is 1.96. The molecule has 0 spiro atoms. The first-order chi connectivity index (χ1) is 15.5. The van der Waals surface area contributed by atoms with E-state index in [1.807, 2.05) is 0 Å². The maximum Gasteiger partial charge on any atom is 0.261 e. The van der Waals surface area contributed by atoms with Crippen molar-refractivity contribution in [2.45, 2.75) is 90.5 Å². The molecule has 0 saturated heterocycles. The molecule has 0 bridgehead atoms. The van der Waals surface area contributed by atoms with Crippen molar-refractivity contribution in [1.82, 2.24) is 0 Å². The molecule has 2 aromatic carbocycles. The second-order valence-electron chi connectivity index (χ2n) is 9.81. The van der Waals surface area contributed by atoms with E-state index in [4.69, 9.17) is 4.43 Å². The Morgan fingerprint density at radius 1 is 0.719 bits per heavy atom. The predicted molar refractivity (Wildman–Crippen MR) is 143 cm³/mol. The zero-order valence-electron chi connectivity index (χ0n) is 20.9. The molecular formula is C30H44OSi. The smallest absolute Gasteiger partial charge is 0.261 e. The fourth-order valence-corrected chi connectivity index (χ4v) is 9.01. The minimum Gasteiger partial charge on any atom is -0.403 e. The van der Waals surface area contributed by atoms with Crippen LogP contribution < -0.4 is 10.4 Å². The Hall–Kier alpha value is -1.86. The standard InChI is InChI=1S/C30H44OSi/c1-5-6-7-8-9-10-11-12-13-14-15-22-27-31-32(30(2,3)4,28-23-18-16-19-24-28)29-25-20-17-21-26-29/h14,16-26H,5-13,27H2,1-4H3. The van der Waals surface area contributed by atoms with Crippen molar-refractivity contribution in [2.75, 3.05) is 6.61 Å². The lowest BCUT2D eigenvalue weighted by Crippen LogP contribution is -2.66. The lowest BCUT2D eigenvalue weighted by molar-refractivity contribution is 0.339. The molecule has 2 rings (SSSR count). The average Bonchev–Trinajstić information content (AvgIpc) is 2.80. The largest absolute Gasteiger partial charge is 0.403 e. The molecule has 0 fully saturated rings. The zero-order chi connectivity index (χ0) is 23.1. The summed E-state index contributed by atoms with van der Waals surface area (Å²) < 4.78 is 6.86. The quantitative estimate of drug-likeness (QED) is 0.163. The van der Waals surface area contributed by atoms with Crippen LogP contribution in [0.15, 0.2) is 78.5 Å². The van der Waals surface area contributed by atoms with Crippen molar-refractivity contribution in [3.05, 3.63) is 78.5 Å². The van der Waals surface area contributed by atoms with Crippen LogP contribution in [0.4, 0.5) is 0 Å². The first-order valence-corrected chi connectivity index (χ1v) is 14.6. The summed E-state index contributed by atoms with van der Waals surface area (Å²) in [4.78, 5) is 0. The van der Waals surface area contributed by atoms with Crippen molar-refractivity contribution in [3.8, 4) is 0 Å². The molecule has 2 aromatic rings. The molecule has 1 nitrogen and oxygen atoms in total. The maximum atomic E-state index is 6.86. The van der Waals surface area contributed by atoms with Crippen molar-refractivity contribution in [1.29, 1.82) is 0 Å². The van der Waals surface area contributed by atoms with Gasteiger partial charge in [-0.25, -0.2) is 0 Å². The third kappa shape index (κ3) is 7.92. The van der Waals surface area contributed by atoms with Crippen LogP contribution in [0.3, 0.4) is 0 Å². The normalized spacial score (nSPS) is 11.8. The molecule has 0 heterocycles. The van der Waals surface area contributed by atoms with Crippen LogP contribution in [0.25, 0.3) is 0 Å². The van der Waals surface area contributed by atoms with Gasteiger partial charge in [-0.15, -0.1) is 5.73 Å². The Kier molecular flexibility index (Phi) is 11.8. The molecule has 2 heteroatoms. The van der Waals surface area contributed by atoms with Gasteiger partial charge < -0.3 is 4.43 Å². The molecule has 0 aromatic heterocycles. The third-order valence-corrected chi connectivity index (χ3v) is 11.2. The van der Waals surface area contributed by atoms with Gasteiger partial charge in [0.2, 0.25) is 0 Å². The van der Waals surface area contributed by atoms with E-state index in [2.05, 4.69) is 106 Å². The van der Waals surface area contributed by atoms with E-state index in [1.54, 1.807) is 0 Å². The lowest BCUT2D eigenvalue weighted by atomic mass is 10.1. The van der Waals surface area contributed by atoms with Crippen molar-refractivity contribution in [2.24, 2.45) is 0 Å². The predicted octanol–water partition coefficient (Wildman–Crippen LogP) is 7.81. The second-order valence-corrected chi connectivity index (χ2v) is 14.1. The van der Waals surface area contributed by atoms with Crippen molar-refractivity contribution < 1.29 is 4.43 Å². The van der Waals surface area contributed by atoms with Crippen LogP contribution in [0, 0.1) is 0 Å². The van der Waals surface area contributed by atoms with E-state index in [0.29, 0.717) is 6.61 Å². The fraction of sp³-hybridized carbons (Fsp3) is 0.500. The van der Waals surface area contributed by atoms with Gasteiger partial charge >= 0.3 is 0 Å². The van der Waals surface area contributed by atoms with Crippen LogP contribution in [-0.2, 0) is 4.43 Å². The molecule has 0 unspecified atom stereocenters. The molecule has 0 saturated carbocycles.